The number of aliphatic hydroxyl groups excluding tert-OH is 2. The van der Waals surface area contributed by atoms with E-state index in [0.717, 1.165) is 6.54 Å². The number of aliphatic hydroxyl groups is 2. The molecule has 3 N–H and O–H groups in total. The van der Waals surface area contributed by atoms with Crippen LogP contribution in [0, 0.1) is 5.82 Å². The van der Waals surface area contributed by atoms with Crippen molar-refractivity contribution in [3.05, 3.63) is 29.6 Å². The van der Waals surface area contributed by atoms with E-state index in [1.54, 1.807) is 0 Å². The van der Waals surface area contributed by atoms with E-state index >= 15 is 0 Å². The topological polar surface area (TPSA) is 61.7 Å². The summed E-state index contributed by atoms with van der Waals surface area (Å²) in [7, 11) is 0. The van der Waals surface area contributed by atoms with Crippen molar-refractivity contribution in [2.75, 3.05) is 19.8 Å². The van der Waals surface area contributed by atoms with Gasteiger partial charge in [-0.25, -0.2) is 4.39 Å². The highest BCUT2D eigenvalue weighted by Crippen LogP contribution is 2.19. The standard InChI is InChI=1S/C12H18FNO3/c1-2-14-6-9-5-10(13)3-4-12(9)17-8-11(16)7-15/h3-5,11,14-16H,2,6-8H2,1H3. The van der Waals surface area contributed by atoms with E-state index in [9.17, 15) is 9.50 Å². The third kappa shape index (κ3) is 4.68. The summed E-state index contributed by atoms with van der Waals surface area (Å²) < 4.78 is 18.4. The van der Waals surface area contributed by atoms with Crippen molar-refractivity contribution in [2.45, 2.75) is 19.6 Å². The van der Waals surface area contributed by atoms with Crippen LogP contribution in [0.1, 0.15) is 12.5 Å². The molecule has 1 atom stereocenters. The first-order chi connectivity index (χ1) is 8.17. The van der Waals surface area contributed by atoms with Gasteiger partial charge in [0, 0.05) is 12.1 Å². The Balaban J connectivity index is 2.68. The largest absolute Gasteiger partial charge is 0.490 e. The Labute approximate surface area is 100 Å². The average Bonchev–Trinajstić information content (AvgIpc) is 2.34. The number of nitrogens with one attached hydrogen (secondary N) is 1. The molecule has 1 aromatic carbocycles. The Morgan fingerprint density at radius 2 is 2.24 bits per heavy atom. The second-order valence-electron chi connectivity index (χ2n) is 3.68. The summed E-state index contributed by atoms with van der Waals surface area (Å²) in [5, 5.41) is 20.9. The molecule has 1 unspecified atom stereocenters. The van der Waals surface area contributed by atoms with Crippen LogP contribution in [0.15, 0.2) is 18.2 Å². The molecule has 4 nitrogen and oxygen atoms in total. The summed E-state index contributed by atoms with van der Waals surface area (Å²) in [6.07, 6.45) is -0.924. The minimum atomic E-state index is -0.924. The first-order valence-electron chi connectivity index (χ1n) is 5.58. The molecule has 0 aromatic heterocycles. The first kappa shape index (κ1) is 13.9. The molecule has 0 radical (unpaired) electrons. The van der Waals surface area contributed by atoms with E-state index in [1.165, 1.54) is 18.2 Å². The second-order valence-corrected chi connectivity index (χ2v) is 3.68. The molecule has 1 aromatic rings. The highest BCUT2D eigenvalue weighted by molar-refractivity contribution is 5.33. The molecule has 0 saturated carbocycles. The predicted molar refractivity (Wildman–Crippen MR) is 62.4 cm³/mol. The van der Waals surface area contributed by atoms with E-state index < -0.39 is 6.10 Å². The van der Waals surface area contributed by atoms with Crippen LogP contribution < -0.4 is 10.1 Å². The summed E-state index contributed by atoms with van der Waals surface area (Å²) >= 11 is 0. The number of hydrogen-bond acceptors (Lipinski definition) is 4. The van der Waals surface area contributed by atoms with Crippen molar-refractivity contribution in [2.24, 2.45) is 0 Å². The van der Waals surface area contributed by atoms with E-state index in [-0.39, 0.29) is 19.0 Å². The van der Waals surface area contributed by atoms with Gasteiger partial charge in [-0.05, 0) is 24.7 Å². The molecule has 0 aliphatic carbocycles. The van der Waals surface area contributed by atoms with E-state index in [2.05, 4.69) is 5.32 Å². The maximum Gasteiger partial charge on any atom is 0.124 e. The minimum absolute atomic E-state index is 0.0126. The fourth-order valence-electron chi connectivity index (χ4n) is 1.33. The van der Waals surface area contributed by atoms with Crippen molar-refractivity contribution in [1.29, 1.82) is 0 Å². The van der Waals surface area contributed by atoms with Crippen molar-refractivity contribution in [1.82, 2.24) is 5.32 Å². The zero-order valence-electron chi connectivity index (χ0n) is 9.82. The first-order valence-corrected chi connectivity index (χ1v) is 5.58. The maximum absolute atomic E-state index is 13.1. The van der Waals surface area contributed by atoms with Crippen LogP contribution in [0.5, 0.6) is 5.75 Å². The van der Waals surface area contributed by atoms with E-state index in [1.807, 2.05) is 6.92 Å². The molecule has 5 heteroatoms. The van der Waals surface area contributed by atoms with Gasteiger partial charge < -0.3 is 20.3 Å². The van der Waals surface area contributed by atoms with Crippen molar-refractivity contribution in [3.63, 3.8) is 0 Å². The third-order valence-corrected chi connectivity index (χ3v) is 2.23. The highest BCUT2D eigenvalue weighted by Gasteiger charge is 2.08. The molecule has 17 heavy (non-hydrogen) atoms. The molecule has 0 aliphatic heterocycles. The van der Waals surface area contributed by atoms with Crippen LogP contribution >= 0.6 is 0 Å². The van der Waals surface area contributed by atoms with Crippen LogP contribution in [0.4, 0.5) is 4.39 Å². The van der Waals surface area contributed by atoms with Gasteiger partial charge in [0.15, 0.2) is 0 Å². The smallest absolute Gasteiger partial charge is 0.124 e. The molecule has 0 fully saturated rings. The van der Waals surface area contributed by atoms with E-state index in [4.69, 9.17) is 9.84 Å². The van der Waals surface area contributed by atoms with Gasteiger partial charge in [0.05, 0.1) is 6.61 Å². The summed E-state index contributed by atoms with van der Waals surface area (Å²) in [5.41, 5.74) is 0.692. The molecule has 0 saturated heterocycles. The van der Waals surface area contributed by atoms with Crippen LogP contribution in [-0.4, -0.2) is 36.1 Å². The SMILES string of the molecule is CCNCc1cc(F)ccc1OCC(O)CO. The predicted octanol–water partition coefficient (Wildman–Crippen LogP) is 0.667. The van der Waals surface area contributed by atoms with E-state index in [0.29, 0.717) is 17.9 Å². The zero-order chi connectivity index (χ0) is 12.7. The molecule has 0 amide bonds. The molecule has 0 aliphatic rings. The van der Waals surface area contributed by atoms with Gasteiger partial charge >= 0.3 is 0 Å². The number of ether oxygens (including phenoxy) is 1. The van der Waals surface area contributed by atoms with Gasteiger partial charge in [0.25, 0.3) is 0 Å². The minimum Gasteiger partial charge on any atom is -0.490 e. The second kappa shape index (κ2) is 7.21. The van der Waals surface area contributed by atoms with Crippen LogP contribution in [0.3, 0.4) is 0 Å². The Kier molecular flexibility index (Phi) is 5.90. The number of benzene rings is 1. The molecule has 0 spiro atoms. The summed E-state index contributed by atoms with van der Waals surface area (Å²) in [6.45, 7) is 2.86. The lowest BCUT2D eigenvalue weighted by atomic mass is 10.2. The summed E-state index contributed by atoms with van der Waals surface area (Å²) in [5.74, 6) is 0.188. The Morgan fingerprint density at radius 3 is 2.88 bits per heavy atom. The molecular weight excluding hydrogens is 225 g/mol. The van der Waals surface area contributed by atoms with Gasteiger partial charge in [0.2, 0.25) is 0 Å². The van der Waals surface area contributed by atoms with Gasteiger partial charge in [-0.2, -0.15) is 0 Å². The van der Waals surface area contributed by atoms with Gasteiger partial charge in [0.1, 0.15) is 24.3 Å². The van der Waals surface area contributed by atoms with Crippen LogP contribution in [0.2, 0.25) is 0 Å². The monoisotopic (exact) mass is 243 g/mol. The molecule has 0 bridgehead atoms. The normalized spacial score (nSPS) is 12.5. The lowest BCUT2D eigenvalue weighted by Crippen LogP contribution is -2.22. The van der Waals surface area contributed by atoms with Crippen LogP contribution in [-0.2, 0) is 6.54 Å². The fourth-order valence-corrected chi connectivity index (χ4v) is 1.33. The number of halogens is 1. The lowest BCUT2D eigenvalue weighted by Gasteiger charge is -2.14. The van der Waals surface area contributed by atoms with Crippen molar-refractivity contribution >= 4 is 0 Å². The lowest BCUT2D eigenvalue weighted by molar-refractivity contribution is 0.0532. The Morgan fingerprint density at radius 1 is 1.47 bits per heavy atom. The Bertz CT molecular complexity index is 347. The number of rotatable bonds is 7. The van der Waals surface area contributed by atoms with Gasteiger partial charge in [-0.3, -0.25) is 0 Å². The summed E-state index contributed by atoms with van der Waals surface area (Å²) in [6, 6.07) is 4.21. The highest BCUT2D eigenvalue weighted by atomic mass is 19.1. The quantitative estimate of drug-likeness (QED) is 0.658. The average molecular weight is 243 g/mol. The molecular formula is C12H18FNO3. The third-order valence-electron chi connectivity index (χ3n) is 2.23. The van der Waals surface area contributed by atoms with Gasteiger partial charge in [-0.15, -0.1) is 0 Å². The van der Waals surface area contributed by atoms with Crippen molar-refractivity contribution < 1.29 is 19.3 Å². The zero-order valence-corrected chi connectivity index (χ0v) is 9.82. The molecule has 0 heterocycles. The molecule has 1 rings (SSSR count). The maximum atomic E-state index is 13.1. The summed E-state index contributed by atoms with van der Waals surface area (Å²) in [4.78, 5) is 0. The van der Waals surface area contributed by atoms with Crippen LogP contribution in [0.25, 0.3) is 0 Å². The number of hydrogen-bond donors (Lipinski definition) is 3. The Hall–Kier alpha value is -1.17. The van der Waals surface area contributed by atoms with Gasteiger partial charge in [-0.1, -0.05) is 6.92 Å². The van der Waals surface area contributed by atoms with Crippen molar-refractivity contribution in [3.8, 4) is 5.75 Å². The molecule has 96 valence electrons. The fraction of sp³-hybridized carbons (Fsp3) is 0.500.